The van der Waals surface area contributed by atoms with E-state index in [1.807, 2.05) is 0 Å². The Hall–Kier alpha value is -3.36. The Kier molecular flexibility index (Phi) is 6.40. The van der Waals surface area contributed by atoms with Gasteiger partial charge >= 0.3 is 12.2 Å². The van der Waals surface area contributed by atoms with E-state index in [1.54, 1.807) is 24.3 Å². The number of nitrogens with one attached hydrogen (secondary N) is 3. The fraction of sp³-hybridized carbons (Fsp3) is 0.375. The van der Waals surface area contributed by atoms with Crippen LogP contribution in [0.15, 0.2) is 47.3 Å². The summed E-state index contributed by atoms with van der Waals surface area (Å²) in [5, 5.41) is 6.14. The highest BCUT2D eigenvalue weighted by molar-refractivity contribution is 6.00. The number of nitrogens with zero attached hydrogens (tertiary/aromatic N) is 1. The lowest BCUT2D eigenvalue weighted by Gasteiger charge is -2.27. The van der Waals surface area contributed by atoms with Gasteiger partial charge in [0.2, 0.25) is 5.56 Å². The first-order valence-corrected chi connectivity index (χ1v) is 10.9. The molecule has 0 saturated heterocycles. The summed E-state index contributed by atoms with van der Waals surface area (Å²) in [5.41, 5.74) is 0.937. The fourth-order valence-electron chi connectivity index (χ4n) is 4.34. The van der Waals surface area contributed by atoms with Gasteiger partial charge in [-0.25, -0.2) is 9.78 Å². The minimum Gasteiger partial charge on any atom is -0.334 e. The molecule has 0 radical (unpaired) electrons. The first-order valence-electron chi connectivity index (χ1n) is 10.9. The number of benzene rings is 1. The number of halogens is 3. The quantitative estimate of drug-likeness (QED) is 0.479. The molecule has 3 aromatic rings. The van der Waals surface area contributed by atoms with E-state index >= 15 is 0 Å². The summed E-state index contributed by atoms with van der Waals surface area (Å²) in [6.07, 6.45) is -1.07. The Morgan fingerprint density at radius 3 is 2.58 bits per heavy atom. The van der Waals surface area contributed by atoms with Crippen molar-refractivity contribution in [3.8, 4) is 0 Å². The largest absolute Gasteiger partial charge is 0.433 e. The number of pyridine rings is 2. The molecule has 4 rings (SSSR count). The van der Waals surface area contributed by atoms with Crippen LogP contribution in [0.3, 0.4) is 0 Å². The highest BCUT2D eigenvalue weighted by Crippen LogP contribution is 2.38. The maximum atomic E-state index is 13.3. The van der Waals surface area contributed by atoms with Crippen molar-refractivity contribution in [2.24, 2.45) is 5.92 Å². The molecule has 2 aromatic heterocycles. The van der Waals surface area contributed by atoms with Gasteiger partial charge in [0.15, 0.2) is 0 Å². The van der Waals surface area contributed by atoms with Crippen molar-refractivity contribution in [3.05, 3.63) is 69.8 Å². The molecule has 0 aliphatic heterocycles. The van der Waals surface area contributed by atoms with Crippen molar-refractivity contribution in [2.45, 2.75) is 51.2 Å². The molecule has 1 saturated carbocycles. The third kappa shape index (κ3) is 5.35. The number of aromatic amines is 1. The van der Waals surface area contributed by atoms with E-state index < -0.39 is 17.9 Å². The third-order valence-electron chi connectivity index (χ3n) is 6.16. The minimum atomic E-state index is -4.52. The van der Waals surface area contributed by atoms with Crippen LogP contribution >= 0.6 is 0 Å². The normalized spacial score (nSPS) is 18.8. The monoisotopic (exact) mass is 458 g/mol. The number of hydrogen-bond acceptors (Lipinski definition) is 3. The number of amides is 2. The molecule has 174 valence electrons. The number of H-pyrrole nitrogens is 1. The zero-order chi connectivity index (χ0) is 23.6. The van der Waals surface area contributed by atoms with Crippen LogP contribution in [-0.4, -0.2) is 16.0 Å². The van der Waals surface area contributed by atoms with Crippen molar-refractivity contribution in [3.63, 3.8) is 0 Å². The lowest BCUT2D eigenvalue weighted by atomic mass is 9.80. The molecule has 1 aliphatic rings. The number of carbonyl (C=O) groups is 1. The van der Waals surface area contributed by atoms with E-state index in [0.717, 1.165) is 31.7 Å². The Bertz CT molecular complexity index is 1210. The molecule has 0 atom stereocenters. The van der Waals surface area contributed by atoms with Crippen molar-refractivity contribution in [2.75, 3.05) is 5.32 Å². The second-order valence-corrected chi connectivity index (χ2v) is 8.59. The van der Waals surface area contributed by atoms with Gasteiger partial charge in [0.25, 0.3) is 0 Å². The van der Waals surface area contributed by atoms with Gasteiger partial charge in [-0.05, 0) is 48.6 Å². The highest BCUT2D eigenvalue weighted by atomic mass is 19.4. The van der Waals surface area contributed by atoms with Crippen LogP contribution in [0.5, 0.6) is 0 Å². The number of fused-ring (bicyclic) bond motifs is 1. The Morgan fingerprint density at radius 1 is 1.09 bits per heavy atom. The van der Waals surface area contributed by atoms with E-state index in [2.05, 4.69) is 27.5 Å². The summed E-state index contributed by atoms with van der Waals surface area (Å²) in [6, 6.07) is 9.99. The van der Waals surface area contributed by atoms with Gasteiger partial charge in [-0.3, -0.25) is 4.79 Å². The maximum Gasteiger partial charge on any atom is 0.433 e. The van der Waals surface area contributed by atoms with Gasteiger partial charge in [-0.15, -0.1) is 0 Å². The average Bonchev–Trinajstić information content (AvgIpc) is 2.77. The van der Waals surface area contributed by atoms with Gasteiger partial charge in [-0.2, -0.15) is 13.2 Å². The molecule has 0 unspecified atom stereocenters. The molecule has 1 aliphatic carbocycles. The molecule has 6 nitrogen and oxygen atoms in total. The topological polar surface area (TPSA) is 86.9 Å². The molecule has 2 amide bonds. The van der Waals surface area contributed by atoms with E-state index in [0.29, 0.717) is 33.8 Å². The second kappa shape index (κ2) is 9.25. The minimum absolute atomic E-state index is 0.0555. The summed E-state index contributed by atoms with van der Waals surface area (Å²) >= 11 is 0. The van der Waals surface area contributed by atoms with Gasteiger partial charge in [0.1, 0.15) is 5.69 Å². The predicted octanol–water partition coefficient (Wildman–Crippen LogP) is 5.56. The van der Waals surface area contributed by atoms with Crippen molar-refractivity contribution in [1.82, 2.24) is 15.3 Å². The van der Waals surface area contributed by atoms with E-state index in [1.165, 1.54) is 12.1 Å². The summed E-state index contributed by atoms with van der Waals surface area (Å²) in [7, 11) is 0. The average molecular weight is 458 g/mol. The summed E-state index contributed by atoms with van der Waals surface area (Å²) in [6.45, 7) is 2.20. The lowest BCUT2D eigenvalue weighted by molar-refractivity contribution is -0.141. The number of anilines is 1. The van der Waals surface area contributed by atoms with Gasteiger partial charge in [0.05, 0.1) is 11.2 Å². The third-order valence-corrected chi connectivity index (χ3v) is 6.16. The molecule has 2 heterocycles. The molecular formula is C24H25F3N4O2. The van der Waals surface area contributed by atoms with E-state index in [9.17, 15) is 22.8 Å². The lowest BCUT2D eigenvalue weighted by Crippen LogP contribution is -2.29. The number of hydrogen-bond donors (Lipinski definition) is 3. The van der Waals surface area contributed by atoms with Crippen molar-refractivity contribution < 1.29 is 18.0 Å². The van der Waals surface area contributed by atoms with Crippen LogP contribution in [0.2, 0.25) is 0 Å². The summed E-state index contributed by atoms with van der Waals surface area (Å²) < 4.78 is 39.8. The number of carbonyl (C=O) groups excluding carboxylic acids is 1. The van der Waals surface area contributed by atoms with Crippen LogP contribution in [0, 0.1) is 5.92 Å². The van der Waals surface area contributed by atoms with Gasteiger partial charge in [-0.1, -0.05) is 31.9 Å². The first kappa shape index (κ1) is 22.8. The summed E-state index contributed by atoms with van der Waals surface area (Å²) in [4.78, 5) is 30.7. The van der Waals surface area contributed by atoms with Crippen LogP contribution in [0.4, 0.5) is 23.7 Å². The SMILES string of the molecule is CC1CCC(c2nc(C(F)(F)F)ccc2CNC(=O)Nc2cccc3[nH]c(=O)ccc23)CC1. The van der Waals surface area contributed by atoms with Crippen LogP contribution < -0.4 is 16.2 Å². The van der Waals surface area contributed by atoms with Crippen LogP contribution in [0.25, 0.3) is 10.9 Å². The first-order chi connectivity index (χ1) is 15.7. The number of rotatable bonds is 4. The second-order valence-electron chi connectivity index (χ2n) is 8.59. The molecule has 0 bridgehead atoms. The molecule has 3 N–H and O–H groups in total. The Labute approximate surface area is 188 Å². The number of alkyl halides is 3. The Morgan fingerprint density at radius 2 is 1.85 bits per heavy atom. The van der Waals surface area contributed by atoms with Crippen LogP contribution in [0.1, 0.15) is 55.5 Å². The van der Waals surface area contributed by atoms with Crippen LogP contribution in [-0.2, 0) is 12.7 Å². The van der Waals surface area contributed by atoms with Gasteiger partial charge < -0.3 is 15.6 Å². The number of urea groups is 1. The zero-order valence-corrected chi connectivity index (χ0v) is 18.1. The molecule has 0 spiro atoms. The predicted molar refractivity (Wildman–Crippen MR) is 120 cm³/mol. The van der Waals surface area contributed by atoms with Crippen molar-refractivity contribution in [1.29, 1.82) is 0 Å². The zero-order valence-electron chi connectivity index (χ0n) is 18.1. The van der Waals surface area contributed by atoms with E-state index in [4.69, 9.17) is 0 Å². The molecule has 33 heavy (non-hydrogen) atoms. The highest BCUT2D eigenvalue weighted by Gasteiger charge is 2.34. The van der Waals surface area contributed by atoms with E-state index in [-0.39, 0.29) is 18.0 Å². The smallest absolute Gasteiger partial charge is 0.334 e. The maximum absolute atomic E-state index is 13.3. The Balaban J connectivity index is 1.51. The fourth-order valence-corrected chi connectivity index (χ4v) is 4.34. The molecular weight excluding hydrogens is 433 g/mol. The summed E-state index contributed by atoms with van der Waals surface area (Å²) in [5.74, 6) is 0.494. The standard InChI is InChI=1S/C24H25F3N4O2/c1-14-5-7-15(8-6-14)22-16(9-11-20(31-22)24(25,26)27)13-28-23(33)30-19-4-2-3-18-17(19)10-12-21(32)29-18/h2-4,9-12,14-15H,5-8,13H2,1H3,(H,29,32)(H2,28,30,33). The number of aromatic nitrogens is 2. The van der Waals surface area contributed by atoms with Crippen molar-refractivity contribution >= 4 is 22.6 Å². The van der Waals surface area contributed by atoms with Gasteiger partial charge in [0, 0.05) is 29.6 Å². The molecule has 9 heteroatoms. The molecule has 1 aromatic carbocycles. The molecule has 1 fully saturated rings.